The molecule has 9 nitrogen and oxygen atoms in total. The highest BCUT2D eigenvalue weighted by Gasteiger charge is 2.28. The predicted octanol–water partition coefficient (Wildman–Crippen LogP) is 1.45. The van der Waals surface area contributed by atoms with Gasteiger partial charge in [-0.2, -0.15) is 15.0 Å². The van der Waals surface area contributed by atoms with Crippen molar-refractivity contribution in [3.63, 3.8) is 0 Å². The van der Waals surface area contributed by atoms with Crippen LogP contribution in [-0.4, -0.2) is 61.1 Å². The van der Waals surface area contributed by atoms with Gasteiger partial charge in [-0.15, -0.1) is 0 Å². The summed E-state index contributed by atoms with van der Waals surface area (Å²) in [6, 6.07) is 1.66. The molecule has 3 heterocycles. The van der Waals surface area contributed by atoms with E-state index in [1.807, 2.05) is 0 Å². The smallest absolute Gasteiger partial charge is 0.231 e. The van der Waals surface area contributed by atoms with Crippen LogP contribution in [0.5, 0.6) is 11.8 Å². The zero-order valence-electron chi connectivity index (χ0n) is 14.8. The Morgan fingerprint density at radius 2 is 1.92 bits per heavy atom. The summed E-state index contributed by atoms with van der Waals surface area (Å²) in [7, 11) is 4.80. The second-order valence-corrected chi connectivity index (χ2v) is 5.83. The van der Waals surface area contributed by atoms with Gasteiger partial charge in [-0.3, -0.25) is 0 Å². The lowest BCUT2D eigenvalue weighted by atomic mass is 9.98. The van der Waals surface area contributed by atoms with Crippen LogP contribution in [0.2, 0.25) is 0 Å². The van der Waals surface area contributed by atoms with Gasteiger partial charge in [0.25, 0.3) is 0 Å². The standard InChI is InChI=1S/C16H23N5O4/c1-22-8-6-12-17-15(25-20-12)11-5-4-7-21(10-11)16-18-13(23-2)9-14(19-16)24-3/h9,11H,4-8,10H2,1-3H3. The summed E-state index contributed by atoms with van der Waals surface area (Å²) in [5.41, 5.74) is 0. The van der Waals surface area contributed by atoms with Crippen LogP contribution in [0.3, 0.4) is 0 Å². The molecule has 0 bridgehead atoms. The van der Waals surface area contributed by atoms with Crippen molar-refractivity contribution >= 4 is 5.95 Å². The SMILES string of the molecule is COCCc1noc(C2CCCN(c3nc(OC)cc(OC)n3)C2)n1. The number of aromatic nitrogens is 4. The van der Waals surface area contributed by atoms with Crippen LogP contribution in [0.1, 0.15) is 30.5 Å². The second-order valence-electron chi connectivity index (χ2n) is 5.83. The molecule has 0 saturated carbocycles. The molecule has 2 aromatic heterocycles. The Bertz CT molecular complexity index is 671. The molecule has 9 heteroatoms. The fourth-order valence-electron chi connectivity index (χ4n) is 2.83. The molecule has 1 aliphatic rings. The minimum atomic E-state index is 0.151. The van der Waals surface area contributed by atoms with E-state index in [1.165, 1.54) is 0 Å². The molecule has 25 heavy (non-hydrogen) atoms. The molecule has 136 valence electrons. The first-order chi connectivity index (χ1) is 12.2. The first-order valence-electron chi connectivity index (χ1n) is 8.27. The van der Waals surface area contributed by atoms with E-state index in [0.29, 0.717) is 49.0 Å². The highest BCUT2D eigenvalue weighted by Crippen LogP contribution is 2.29. The number of rotatable bonds is 7. The third-order valence-corrected chi connectivity index (χ3v) is 4.15. The topological polar surface area (TPSA) is 95.6 Å². The van der Waals surface area contributed by atoms with E-state index in [1.54, 1.807) is 27.4 Å². The lowest BCUT2D eigenvalue weighted by Crippen LogP contribution is -2.35. The molecule has 2 aromatic rings. The largest absolute Gasteiger partial charge is 0.481 e. The zero-order valence-corrected chi connectivity index (χ0v) is 14.8. The zero-order chi connectivity index (χ0) is 17.6. The van der Waals surface area contributed by atoms with Crippen LogP contribution < -0.4 is 14.4 Å². The molecule has 1 saturated heterocycles. The molecule has 0 radical (unpaired) electrons. The van der Waals surface area contributed by atoms with Crippen LogP contribution in [0.4, 0.5) is 5.95 Å². The van der Waals surface area contributed by atoms with Crippen LogP contribution in [0, 0.1) is 0 Å². The first-order valence-corrected chi connectivity index (χ1v) is 8.27. The summed E-state index contributed by atoms with van der Waals surface area (Å²) < 4.78 is 21.0. The minimum Gasteiger partial charge on any atom is -0.481 e. The van der Waals surface area contributed by atoms with E-state index in [2.05, 4.69) is 25.0 Å². The third kappa shape index (κ3) is 4.16. The molecule has 1 atom stereocenters. The van der Waals surface area contributed by atoms with Crippen molar-refractivity contribution in [1.29, 1.82) is 0 Å². The maximum atomic E-state index is 5.44. The summed E-state index contributed by atoms with van der Waals surface area (Å²) in [5, 5.41) is 4.03. The van der Waals surface area contributed by atoms with Gasteiger partial charge < -0.3 is 23.6 Å². The molecule has 1 aliphatic heterocycles. The highest BCUT2D eigenvalue weighted by molar-refractivity contribution is 5.37. The van der Waals surface area contributed by atoms with Gasteiger partial charge in [0.1, 0.15) is 0 Å². The lowest BCUT2D eigenvalue weighted by Gasteiger charge is -2.31. The Morgan fingerprint density at radius 3 is 2.60 bits per heavy atom. The van der Waals surface area contributed by atoms with Crippen molar-refractivity contribution in [2.24, 2.45) is 0 Å². The summed E-state index contributed by atoms with van der Waals surface area (Å²) in [4.78, 5) is 15.4. The number of hydrogen-bond acceptors (Lipinski definition) is 9. The number of nitrogens with zero attached hydrogens (tertiary/aromatic N) is 5. The Labute approximate surface area is 146 Å². The van der Waals surface area contributed by atoms with Crippen molar-refractivity contribution in [3.8, 4) is 11.8 Å². The van der Waals surface area contributed by atoms with Gasteiger partial charge in [-0.05, 0) is 12.8 Å². The molecule has 3 rings (SSSR count). The van der Waals surface area contributed by atoms with Gasteiger partial charge in [0.2, 0.25) is 23.6 Å². The molecule has 0 aliphatic carbocycles. The fourth-order valence-corrected chi connectivity index (χ4v) is 2.83. The van der Waals surface area contributed by atoms with E-state index in [0.717, 1.165) is 19.4 Å². The average molecular weight is 349 g/mol. The average Bonchev–Trinajstić information content (AvgIpc) is 3.15. The van der Waals surface area contributed by atoms with Gasteiger partial charge in [0, 0.05) is 26.6 Å². The number of anilines is 1. The maximum absolute atomic E-state index is 5.44. The number of piperidine rings is 1. The molecule has 0 aromatic carbocycles. The normalized spacial score (nSPS) is 17.6. The van der Waals surface area contributed by atoms with E-state index in [-0.39, 0.29) is 5.92 Å². The Hall–Kier alpha value is -2.42. The van der Waals surface area contributed by atoms with E-state index >= 15 is 0 Å². The lowest BCUT2D eigenvalue weighted by molar-refractivity contribution is 0.199. The molecule has 0 N–H and O–H groups in total. The van der Waals surface area contributed by atoms with Crippen molar-refractivity contribution < 1.29 is 18.7 Å². The van der Waals surface area contributed by atoms with Crippen LogP contribution in [0.25, 0.3) is 0 Å². The van der Waals surface area contributed by atoms with Gasteiger partial charge in [-0.1, -0.05) is 5.16 Å². The van der Waals surface area contributed by atoms with Crippen LogP contribution in [-0.2, 0) is 11.2 Å². The van der Waals surface area contributed by atoms with Gasteiger partial charge in [0.05, 0.1) is 32.8 Å². The van der Waals surface area contributed by atoms with Crippen molar-refractivity contribution in [3.05, 3.63) is 17.8 Å². The number of ether oxygens (including phenoxy) is 3. The van der Waals surface area contributed by atoms with Crippen LogP contribution in [0.15, 0.2) is 10.6 Å². The minimum absolute atomic E-state index is 0.151. The molecular weight excluding hydrogens is 326 g/mol. The first kappa shape index (κ1) is 17.4. The number of methoxy groups -OCH3 is 3. The van der Waals surface area contributed by atoms with Crippen molar-refractivity contribution in [2.45, 2.75) is 25.2 Å². The molecule has 0 spiro atoms. The third-order valence-electron chi connectivity index (χ3n) is 4.15. The summed E-state index contributed by atoms with van der Waals surface area (Å²) in [6.07, 6.45) is 2.62. The second kappa shape index (κ2) is 8.11. The fraction of sp³-hybridized carbons (Fsp3) is 0.625. The van der Waals surface area contributed by atoms with E-state index < -0.39 is 0 Å². The van der Waals surface area contributed by atoms with Gasteiger partial charge in [0.15, 0.2) is 5.82 Å². The molecule has 1 fully saturated rings. The summed E-state index contributed by atoms with van der Waals surface area (Å²) >= 11 is 0. The molecule has 0 amide bonds. The Morgan fingerprint density at radius 1 is 1.16 bits per heavy atom. The molecular formula is C16H23N5O4. The van der Waals surface area contributed by atoms with Crippen LogP contribution >= 0.6 is 0 Å². The Balaban J connectivity index is 1.73. The van der Waals surface area contributed by atoms with Gasteiger partial charge >= 0.3 is 0 Å². The summed E-state index contributed by atoms with van der Waals surface area (Å²) in [5.74, 6) is 3.02. The van der Waals surface area contributed by atoms with Crippen molar-refractivity contribution in [1.82, 2.24) is 20.1 Å². The molecule has 1 unspecified atom stereocenters. The monoisotopic (exact) mass is 349 g/mol. The highest BCUT2D eigenvalue weighted by atomic mass is 16.5. The van der Waals surface area contributed by atoms with Gasteiger partial charge in [-0.25, -0.2) is 0 Å². The number of hydrogen-bond donors (Lipinski definition) is 0. The predicted molar refractivity (Wildman–Crippen MR) is 89.2 cm³/mol. The van der Waals surface area contributed by atoms with E-state index in [4.69, 9.17) is 18.7 Å². The quantitative estimate of drug-likeness (QED) is 0.736. The van der Waals surface area contributed by atoms with E-state index in [9.17, 15) is 0 Å². The van der Waals surface area contributed by atoms with Crippen molar-refractivity contribution in [2.75, 3.05) is 45.9 Å². The maximum Gasteiger partial charge on any atom is 0.231 e. The summed E-state index contributed by atoms with van der Waals surface area (Å²) in [6.45, 7) is 2.15. The Kier molecular flexibility index (Phi) is 5.64.